The Kier molecular flexibility index (Phi) is 4.89. The standard InChI is InChI=1S/C19H18N4O4/c1-13-18(19(24)22(21(13)2)15-7-5-4-6-8-15)20-12-14-11-16(23(25)26)9-10-17(14)27-3/h4-12H,1-3H3. The molecule has 3 aromatic rings. The SMILES string of the molecule is COc1ccc([N+](=O)[O-])cc1C=Nc1c(C)n(C)n(-c2ccccc2)c1=O. The van der Waals surface area contributed by atoms with Gasteiger partial charge < -0.3 is 4.74 Å². The normalized spacial score (nSPS) is 11.1. The molecule has 2 aromatic carbocycles. The molecule has 0 fully saturated rings. The van der Waals surface area contributed by atoms with E-state index in [0.29, 0.717) is 17.0 Å². The zero-order valence-electron chi connectivity index (χ0n) is 15.1. The van der Waals surface area contributed by atoms with E-state index in [2.05, 4.69) is 4.99 Å². The van der Waals surface area contributed by atoms with Crippen LogP contribution in [0.4, 0.5) is 11.4 Å². The largest absolute Gasteiger partial charge is 0.496 e. The molecular formula is C19H18N4O4. The average Bonchev–Trinajstić information content (AvgIpc) is 2.89. The molecule has 1 heterocycles. The number of methoxy groups -OCH3 is 1. The van der Waals surface area contributed by atoms with E-state index in [0.717, 1.165) is 5.69 Å². The number of ether oxygens (including phenoxy) is 1. The van der Waals surface area contributed by atoms with Crippen molar-refractivity contribution < 1.29 is 9.66 Å². The zero-order chi connectivity index (χ0) is 19.6. The summed E-state index contributed by atoms with van der Waals surface area (Å²) in [4.78, 5) is 27.7. The Bertz CT molecular complexity index is 1080. The second-order valence-electron chi connectivity index (χ2n) is 5.85. The molecule has 0 amide bonds. The van der Waals surface area contributed by atoms with Gasteiger partial charge in [-0.15, -0.1) is 0 Å². The predicted molar refractivity (Wildman–Crippen MR) is 103 cm³/mol. The highest BCUT2D eigenvalue weighted by Crippen LogP contribution is 2.24. The number of nitro groups is 1. The number of nitro benzene ring substituents is 1. The Labute approximate surface area is 155 Å². The lowest BCUT2D eigenvalue weighted by Crippen LogP contribution is -2.19. The van der Waals surface area contributed by atoms with Gasteiger partial charge in [0.1, 0.15) is 5.75 Å². The second kappa shape index (κ2) is 7.28. The number of hydrogen-bond donors (Lipinski definition) is 0. The van der Waals surface area contributed by atoms with Gasteiger partial charge in [-0.25, -0.2) is 9.67 Å². The Morgan fingerprint density at radius 2 is 1.89 bits per heavy atom. The minimum atomic E-state index is -0.493. The zero-order valence-corrected chi connectivity index (χ0v) is 15.1. The summed E-state index contributed by atoms with van der Waals surface area (Å²) in [5, 5.41) is 11.0. The summed E-state index contributed by atoms with van der Waals surface area (Å²) >= 11 is 0. The minimum absolute atomic E-state index is 0.0799. The number of non-ortho nitro benzene ring substituents is 1. The van der Waals surface area contributed by atoms with Crippen LogP contribution in [0.1, 0.15) is 11.3 Å². The van der Waals surface area contributed by atoms with E-state index in [-0.39, 0.29) is 16.9 Å². The fourth-order valence-electron chi connectivity index (χ4n) is 2.77. The molecule has 0 aliphatic carbocycles. The maximum Gasteiger partial charge on any atom is 0.297 e. The summed E-state index contributed by atoms with van der Waals surface area (Å²) in [7, 11) is 3.24. The molecular weight excluding hydrogens is 348 g/mol. The van der Waals surface area contributed by atoms with Gasteiger partial charge in [0.05, 0.1) is 23.4 Å². The molecule has 8 heteroatoms. The Balaban J connectivity index is 2.08. The number of benzene rings is 2. The Morgan fingerprint density at radius 3 is 2.52 bits per heavy atom. The van der Waals surface area contributed by atoms with Crippen molar-refractivity contribution in [2.45, 2.75) is 6.92 Å². The van der Waals surface area contributed by atoms with Gasteiger partial charge in [-0.3, -0.25) is 19.6 Å². The van der Waals surface area contributed by atoms with Crippen molar-refractivity contribution >= 4 is 17.6 Å². The first-order valence-corrected chi connectivity index (χ1v) is 8.14. The van der Waals surface area contributed by atoms with E-state index >= 15 is 0 Å². The summed E-state index contributed by atoms with van der Waals surface area (Å²) in [5.74, 6) is 0.432. The number of hydrogen-bond acceptors (Lipinski definition) is 5. The van der Waals surface area contributed by atoms with Crippen LogP contribution >= 0.6 is 0 Å². The van der Waals surface area contributed by atoms with Gasteiger partial charge in [0.15, 0.2) is 5.69 Å². The summed E-state index contributed by atoms with van der Waals surface area (Å²) in [6, 6.07) is 13.4. The van der Waals surface area contributed by atoms with E-state index in [4.69, 9.17) is 4.74 Å². The highest BCUT2D eigenvalue weighted by atomic mass is 16.6. The molecule has 0 unspecified atom stereocenters. The third-order valence-electron chi connectivity index (χ3n) is 4.28. The molecule has 0 aliphatic heterocycles. The maximum atomic E-state index is 12.9. The molecule has 0 bridgehead atoms. The third kappa shape index (κ3) is 3.37. The van der Waals surface area contributed by atoms with Crippen molar-refractivity contribution in [3.8, 4) is 11.4 Å². The monoisotopic (exact) mass is 366 g/mol. The lowest BCUT2D eigenvalue weighted by Gasteiger charge is -2.07. The van der Waals surface area contributed by atoms with Crippen molar-refractivity contribution in [2.75, 3.05) is 7.11 Å². The summed E-state index contributed by atoms with van der Waals surface area (Å²) in [5.41, 5.74) is 1.72. The van der Waals surface area contributed by atoms with Crippen LogP contribution in [0.25, 0.3) is 5.69 Å². The van der Waals surface area contributed by atoms with Crippen LogP contribution in [-0.2, 0) is 7.05 Å². The highest BCUT2D eigenvalue weighted by Gasteiger charge is 2.16. The quantitative estimate of drug-likeness (QED) is 0.394. The maximum absolute atomic E-state index is 12.9. The van der Waals surface area contributed by atoms with Crippen LogP contribution in [-0.4, -0.2) is 27.6 Å². The highest BCUT2D eigenvalue weighted by molar-refractivity contribution is 5.86. The van der Waals surface area contributed by atoms with Crippen LogP contribution in [0.15, 0.2) is 58.3 Å². The van der Waals surface area contributed by atoms with Gasteiger partial charge in [0.2, 0.25) is 0 Å². The van der Waals surface area contributed by atoms with Gasteiger partial charge in [-0.2, -0.15) is 0 Å². The van der Waals surface area contributed by atoms with Crippen LogP contribution in [0.2, 0.25) is 0 Å². The number of aromatic nitrogens is 2. The van der Waals surface area contributed by atoms with Crippen molar-refractivity contribution in [2.24, 2.45) is 12.0 Å². The van der Waals surface area contributed by atoms with E-state index in [1.165, 1.54) is 36.2 Å². The Hall–Kier alpha value is -3.68. The molecule has 0 spiro atoms. The Morgan fingerprint density at radius 1 is 1.19 bits per heavy atom. The lowest BCUT2D eigenvalue weighted by molar-refractivity contribution is -0.384. The lowest BCUT2D eigenvalue weighted by atomic mass is 10.2. The van der Waals surface area contributed by atoms with Gasteiger partial charge in [-0.1, -0.05) is 18.2 Å². The van der Waals surface area contributed by atoms with Crippen molar-refractivity contribution in [1.82, 2.24) is 9.36 Å². The molecule has 0 radical (unpaired) electrons. The fraction of sp³-hybridized carbons (Fsp3) is 0.158. The van der Waals surface area contributed by atoms with Gasteiger partial charge in [0.25, 0.3) is 11.2 Å². The molecule has 0 saturated heterocycles. The topological polar surface area (TPSA) is 91.7 Å². The molecule has 0 N–H and O–H groups in total. The molecule has 27 heavy (non-hydrogen) atoms. The smallest absolute Gasteiger partial charge is 0.297 e. The first-order valence-electron chi connectivity index (χ1n) is 8.14. The van der Waals surface area contributed by atoms with Crippen molar-refractivity contribution in [1.29, 1.82) is 0 Å². The van der Waals surface area contributed by atoms with E-state index < -0.39 is 4.92 Å². The van der Waals surface area contributed by atoms with E-state index in [1.807, 2.05) is 30.3 Å². The van der Waals surface area contributed by atoms with Crippen LogP contribution < -0.4 is 10.3 Å². The molecule has 138 valence electrons. The van der Waals surface area contributed by atoms with Gasteiger partial charge in [-0.05, 0) is 25.1 Å². The molecule has 8 nitrogen and oxygen atoms in total. The first-order chi connectivity index (χ1) is 12.9. The van der Waals surface area contributed by atoms with Crippen LogP contribution in [0.3, 0.4) is 0 Å². The van der Waals surface area contributed by atoms with Crippen LogP contribution in [0.5, 0.6) is 5.75 Å². The number of aliphatic imine (C=N–C) groups is 1. The van der Waals surface area contributed by atoms with E-state index in [1.54, 1.807) is 18.7 Å². The molecule has 1 aromatic heterocycles. The van der Waals surface area contributed by atoms with Crippen molar-refractivity contribution in [3.63, 3.8) is 0 Å². The second-order valence-corrected chi connectivity index (χ2v) is 5.85. The fourth-order valence-corrected chi connectivity index (χ4v) is 2.77. The molecule has 0 saturated carbocycles. The van der Waals surface area contributed by atoms with Crippen LogP contribution in [0, 0.1) is 17.0 Å². The predicted octanol–water partition coefficient (Wildman–Crippen LogP) is 3.15. The van der Waals surface area contributed by atoms with Gasteiger partial charge in [0, 0.05) is 31.0 Å². The average molecular weight is 366 g/mol. The third-order valence-corrected chi connectivity index (χ3v) is 4.28. The molecule has 0 aliphatic rings. The minimum Gasteiger partial charge on any atom is -0.496 e. The number of nitrogens with zero attached hydrogens (tertiary/aromatic N) is 4. The first kappa shape index (κ1) is 18.1. The van der Waals surface area contributed by atoms with Gasteiger partial charge >= 0.3 is 0 Å². The summed E-state index contributed by atoms with van der Waals surface area (Å²) in [6.07, 6.45) is 1.41. The summed E-state index contributed by atoms with van der Waals surface area (Å²) in [6.45, 7) is 1.79. The number of para-hydroxylation sites is 1. The van der Waals surface area contributed by atoms with Crippen molar-refractivity contribution in [3.05, 3.63) is 80.3 Å². The number of rotatable bonds is 5. The molecule has 3 rings (SSSR count). The summed E-state index contributed by atoms with van der Waals surface area (Å²) < 4.78 is 8.46. The van der Waals surface area contributed by atoms with E-state index in [9.17, 15) is 14.9 Å². The molecule has 0 atom stereocenters.